The highest BCUT2D eigenvalue weighted by atomic mass is 16.5. The Morgan fingerprint density at radius 3 is 2.62 bits per heavy atom. The lowest BCUT2D eigenvalue weighted by molar-refractivity contribution is -0.119. The van der Waals surface area contributed by atoms with Crippen LogP contribution in [0, 0.1) is 13.8 Å². The van der Waals surface area contributed by atoms with Crippen molar-refractivity contribution in [3.63, 3.8) is 0 Å². The normalized spacial score (nSPS) is 16.3. The van der Waals surface area contributed by atoms with E-state index in [9.17, 15) is 4.79 Å². The number of nitrogens with one attached hydrogen (secondary N) is 1. The maximum atomic E-state index is 12.8. The topological polar surface area (TPSA) is 58.4 Å². The van der Waals surface area contributed by atoms with Crippen molar-refractivity contribution < 1.29 is 9.32 Å². The van der Waals surface area contributed by atoms with Crippen LogP contribution >= 0.6 is 0 Å². The molecule has 132 valence electrons. The Balaban J connectivity index is 1.75. The molecule has 0 spiro atoms. The van der Waals surface area contributed by atoms with Crippen molar-refractivity contribution in [2.75, 3.05) is 10.2 Å². The van der Waals surface area contributed by atoms with Gasteiger partial charge in [0.05, 0.1) is 23.6 Å². The molecular formula is C21H21N3O2. The molecule has 0 fully saturated rings. The van der Waals surface area contributed by atoms with E-state index in [0.717, 1.165) is 39.5 Å². The van der Waals surface area contributed by atoms with Gasteiger partial charge in [-0.1, -0.05) is 41.6 Å². The van der Waals surface area contributed by atoms with Crippen molar-refractivity contribution in [3.8, 4) is 11.1 Å². The lowest BCUT2D eigenvalue weighted by atomic mass is 10.0. The number of amides is 1. The first-order chi connectivity index (χ1) is 12.5. The number of carbonyl (C=O) groups is 1. The van der Waals surface area contributed by atoms with Gasteiger partial charge in [-0.15, -0.1) is 0 Å². The number of rotatable bonds is 3. The summed E-state index contributed by atoms with van der Waals surface area (Å²) in [6.45, 7) is 6.30. The molecule has 0 aliphatic carbocycles. The molecule has 1 amide bonds. The van der Waals surface area contributed by atoms with Crippen molar-refractivity contribution in [2.24, 2.45) is 0 Å². The fourth-order valence-corrected chi connectivity index (χ4v) is 3.51. The van der Waals surface area contributed by atoms with Gasteiger partial charge in [0.15, 0.2) is 0 Å². The fourth-order valence-electron chi connectivity index (χ4n) is 3.51. The summed E-state index contributed by atoms with van der Waals surface area (Å²) in [4.78, 5) is 14.6. The molecular weight excluding hydrogens is 326 g/mol. The minimum atomic E-state index is -0.272. The van der Waals surface area contributed by atoms with E-state index in [1.807, 2.05) is 68.1 Å². The minimum absolute atomic E-state index is 0.0754. The summed E-state index contributed by atoms with van der Waals surface area (Å²) in [5.41, 5.74) is 5.86. The van der Waals surface area contributed by atoms with E-state index in [2.05, 4.69) is 16.5 Å². The van der Waals surface area contributed by atoms with E-state index in [0.29, 0.717) is 6.54 Å². The number of hydrogen-bond donors (Lipinski definition) is 1. The molecule has 2 heterocycles. The van der Waals surface area contributed by atoms with Crippen molar-refractivity contribution in [1.29, 1.82) is 0 Å². The Kier molecular flexibility index (Phi) is 3.99. The van der Waals surface area contributed by atoms with Crippen LogP contribution in [0.2, 0.25) is 0 Å². The van der Waals surface area contributed by atoms with Crippen LogP contribution in [-0.4, -0.2) is 17.1 Å². The third-order valence-electron chi connectivity index (χ3n) is 4.80. The van der Waals surface area contributed by atoms with Gasteiger partial charge in [-0.25, -0.2) is 0 Å². The second-order valence-electron chi connectivity index (χ2n) is 6.71. The zero-order chi connectivity index (χ0) is 18.3. The van der Waals surface area contributed by atoms with Gasteiger partial charge >= 0.3 is 0 Å². The Morgan fingerprint density at radius 1 is 1.15 bits per heavy atom. The summed E-state index contributed by atoms with van der Waals surface area (Å²) >= 11 is 0. The largest absolute Gasteiger partial charge is 0.372 e. The van der Waals surface area contributed by atoms with E-state index in [4.69, 9.17) is 4.52 Å². The highest BCUT2D eigenvalue weighted by molar-refractivity contribution is 6.05. The van der Waals surface area contributed by atoms with E-state index >= 15 is 0 Å². The molecule has 5 heteroatoms. The second-order valence-corrected chi connectivity index (χ2v) is 6.71. The molecule has 1 unspecified atom stereocenters. The Morgan fingerprint density at radius 2 is 1.92 bits per heavy atom. The van der Waals surface area contributed by atoms with E-state index < -0.39 is 0 Å². The van der Waals surface area contributed by atoms with Crippen LogP contribution in [0.25, 0.3) is 11.1 Å². The summed E-state index contributed by atoms with van der Waals surface area (Å²) in [7, 11) is 0. The maximum Gasteiger partial charge on any atom is 0.249 e. The first-order valence-electron chi connectivity index (χ1n) is 8.73. The standard InChI is InChI=1S/C21H21N3O2/c1-13-20(15(3)26-23-13)17-9-10-19-18(11-17)22-14(2)21(25)24(19)12-16-7-5-4-6-8-16/h4-11,14,22H,12H2,1-3H3. The molecule has 1 atom stereocenters. The summed E-state index contributed by atoms with van der Waals surface area (Å²) in [6, 6.07) is 15.9. The molecule has 26 heavy (non-hydrogen) atoms. The highest BCUT2D eigenvalue weighted by Gasteiger charge is 2.30. The average molecular weight is 347 g/mol. The van der Waals surface area contributed by atoms with Gasteiger partial charge in [-0.3, -0.25) is 4.79 Å². The SMILES string of the molecule is Cc1noc(C)c1-c1ccc2c(c1)NC(C)C(=O)N2Cc1ccccc1. The Labute approximate surface area is 152 Å². The molecule has 1 aliphatic rings. The molecule has 0 bridgehead atoms. The van der Waals surface area contributed by atoms with Gasteiger partial charge in [0, 0.05) is 5.56 Å². The van der Waals surface area contributed by atoms with E-state index in [-0.39, 0.29) is 11.9 Å². The molecule has 0 radical (unpaired) electrons. The van der Waals surface area contributed by atoms with Gasteiger partial charge in [0.25, 0.3) is 0 Å². The van der Waals surface area contributed by atoms with E-state index in [1.165, 1.54) is 0 Å². The number of fused-ring (bicyclic) bond motifs is 1. The van der Waals surface area contributed by atoms with Gasteiger partial charge in [0.1, 0.15) is 11.8 Å². The molecule has 0 saturated heterocycles. The van der Waals surface area contributed by atoms with Crippen molar-refractivity contribution in [3.05, 3.63) is 65.5 Å². The number of aryl methyl sites for hydroxylation is 2. The zero-order valence-electron chi connectivity index (χ0n) is 15.1. The molecule has 0 saturated carbocycles. The zero-order valence-corrected chi connectivity index (χ0v) is 15.1. The Hall–Kier alpha value is -3.08. The summed E-state index contributed by atoms with van der Waals surface area (Å²) in [5, 5.41) is 7.37. The van der Waals surface area contributed by atoms with Crippen LogP contribution in [0.1, 0.15) is 23.9 Å². The molecule has 1 N–H and O–H groups in total. The van der Waals surface area contributed by atoms with Crippen LogP contribution < -0.4 is 10.2 Å². The van der Waals surface area contributed by atoms with Crippen LogP contribution in [0.5, 0.6) is 0 Å². The first kappa shape index (κ1) is 16.4. The number of carbonyl (C=O) groups excluding carboxylic acids is 1. The first-order valence-corrected chi connectivity index (χ1v) is 8.73. The van der Waals surface area contributed by atoms with Gasteiger partial charge < -0.3 is 14.7 Å². The molecule has 3 aromatic rings. The molecule has 2 aromatic carbocycles. The number of hydrogen-bond acceptors (Lipinski definition) is 4. The average Bonchev–Trinajstić information content (AvgIpc) is 2.98. The smallest absolute Gasteiger partial charge is 0.249 e. The summed E-state index contributed by atoms with van der Waals surface area (Å²) < 4.78 is 5.30. The van der Waals surface area contributed by atoms with E-state index in [1.54, 1.807) is 0 Å². The monoisotopic (exact) mass is 347 g/mol. The number of nitrogens with zero attached hydrogens (tertiary/aromatic N) is 2. The highest BCUT2D eigenvalue weighted by Crippen LogP contribution is 2.37. The van der Waals surface area contributed by atoms with Gasteiger partial charge in [-0.2, -0.15) is 0 Å². The second kappa shape index (κ2) is 6.33. The van der Waals surface area contributed by atoms with Crippen molar-refractivity contribution >= 4 is 17.3 Å². The molecule has 1 aromatic heterocycles. The lowest BCUT2D eigenvalue weighted by Gasteiger charge is -2.34. The predicted octanol–water partition coefficient (Wildman–Crippen LogP) is 4.31. The predicted molar refractivity (Wildman–Crippen MR) is 102 cm³/mol. The number of benzene rings is 2. The quantitative estimate of drug-likeness (QED) is 0.767. The minimum Gasteiger partial charge on any atom is -0.372 e. The van der Waals surface area contributed by atoms with Crippen LogP contribution in [0.15, 0.2) is 53.1 Å². The van der Waals surface area contributed by atoms with Crippen LogP contribution in [-0.2, 0) is 11.3 Å². The van der Waals surface area contributed by atoms with Crippen LogP contribution in [0.3, 0.4) is 0 Å². The molecule has 5 nitrogen and oxygen atoms in total. The van der Waals surface area contributed by atoms with Gasteiger partial charge in [0.2, 0.25) is 5.91 Å². The molecule has 4 rings (SSSR count). The Bertz CT molecular complexity index is 943. The van der Waals surface area contributed by atoms with Gasteiger partial charge in [-0.05, 0) is 44.0 Å². The maximum absolute atomic E-state index is 12.8. The summed E-state index contributed by atoms with van der Waals surface area (Å²) in [6.07, 6.45) is 0. The molecule has 1 aliphatic heterocycles. The van der Waals surface area contributed by atoms with Crippen molar-refractivity contribution in [1.82, 2.24) is 5.16 Å². The third kappa shape index (κ3) is 2.75. The summed E-state index contributed by atoms with van der Waals surface area (Å²) in [5.74, 6) is 0.870. The fraction of sp³-hybridized carbons (Fsp3) is 0.238. The van der Waals surface area contributed by atoms with Crippen molar-refractivity contribution in [2.45, 2.75) is 33.4 Å². The lowest BCUT2D eigenvalue weighted by Crippen LogP contribution is -2.45. The van der Waals surface area contributed by atoms with Crippen LogP contribution in [0.4, 0.5) is 11.4 Å². The number of aromatic nitrogens is 1. The number of anilines is 2. The third-order valence-corrected chi connectivity index (χ3v) is 4.80.